The number of thioether (sulfide) groups is 1. The molecule has 2 saturated heterocycles. The second-order valence-corrected chi connectivity index (χ2v) is 10.3. The highest BCUT2D eigenvalue weighted by Gasteiger charge is 2.56. The maximum atomic E-state index is 13.5. The molecule has 0 bridgehead atoms. The molecule has 1 aromatic carbocycles. The van der Waals surface area contributed by atoms with Crippen molar-refractivity contribution in [1.29, 1.82) is 0 Å². The van der Waals surface area contributed by atoms with Gasteiger partial charge in [-0.05, 0) is 23.8 Å². The Kier molecular flexibility index (Phi) is 9.88. The molecule has 2 aliphatic heterocycles. The Morgan fingerprint density at radius 1 is 0.947 bits per heavy atom. The first kappa shape index (κ1) is 29.6. The molecule has 0 aliphatic carbocycles. The first-order valence-corrected chi connectivity index (χ1v) is 12.8. The molecule has 1 aromatic rings. The van der Waals surface area contributed by atoms with Crippen LogP contribution in [0.15, 0.2) is 29.2 Å². The van der Waals surface area contributed by atoms with Crippen LogP contribution in [0.2, 0.25) is 5.02 Å². The zero-order chi connectivity index (χ0) is 28.1. The lowest BCUT2D eigenvalue weighted by Gasteiger charge is -2.46. The standard InChI is InChI=1S/C24H24ClNO10S2/c1-11(27)32-10-17-19(33-12(2)28)20(34-13(3)29)21(35-14(4)30)23(36-17)26-22(31)18(38-24(26)37)9-15-5-7-16(25)8-6-15/h5-9,17,19-21,23H,10H2,1-4H3/b18-9+/t17-,19-,20+,21+,23-/m1/s1. The fourth-order valence-electron chi connectivity index (χ4n) is 3.82. The second kappa shape index (κ2) is 12.7. The fourth-order valence-corrected chi connectivity index (χ4v) is 5.26. The fraction of sp³-hybridized carbons (Fsp3) is 0.417. The molecule has 2 heterocycles. The molecule has 14 heteroatoms. The molecule has 0 aromatic heterocycles. The number of halogens is 1. The Morgan fingerprint density at radius 2 is 1.50 bits per heavy atom. The lowest BCUT2D eigenvalue weighted by atomic mass is 9.96. The number of carbonyl (C=O) groups excluding carboxylic acids is 5. The molecule has 11 nitrogen and oxygen atoms in total. The van der Waals surface area contributed by atoms with E-state index in [1.165, 1.54) is 0 Å². The molecular formula is C24H24ClNO10S2. The van der Waals surface area contributed by atoms with Crippen LogP contribution < -0.4 is 0 Å². The highest BCUT2D eigenvalue weighted by Crippen LogP contribution is 2.39. The van der Waals surface area contributed by atoms with Gasteiger partial charge in [-0.2, -0.15) is 0 Å². The minimum absolute atomic E-state index is 0.0658. The minimum Gasteiger partial charge on any atom is -0.463 e. The van der Waals surface area contributed by atoms with Gasteiger partial charge in [-0.3, -0.25) is 28.9 Å². The summed E-state index contributed by atoms with van der Waals surface area (Å²) >= 11 is 12.4. The first-order chi connectivity index (χ1) is 17.9. The van der Waals surface area contributed by atoms with Gasteiger partial charge in [0.15, 0.2) is 28.9 Å². The van der Waals surface area contributed by atoms with Crippen LogP contribution in [0.1, 0.15) is 33.3 Å². The van der Waals surface area contributed by atoms with Crippen molar-refractivity contribution in [2.24, 2.45) is 0 Å². The molecule has 0 N–H and O–H groups in total. The highest BCUT2D eigenvalue weighted by molar-refractivity contribution is 8.26. The Balaban J connectivity index is 2.04. The summed E-state index contributed by atoms with van der Waals surface area (Å²) in [5.41, 5.74) is 0.677. The first-order valence-electron chi connectivity index (χ1n) is 11.2. The summed E-state index contributed by atoms with van der Waals surface area (Å²) in [6.07, 6.45) is -5.26. The van der Waals surface area contributed by atoms with Crippen LogP contribution in [0.5, 0.6) is 0 Å². The van der Waals surface area contributed by atoms with Crippen molar-refractivity contribution in [2.75, 3.05) is 6.61 Å². The van der Waals surface area contributed by atoms with Crippen LogP contribution in [-0.2, 0) is 47.7 Å². The molecule has 38 heavy (non-hydrogen) atoms. The van der Waals surface area contributed by atoms with Gasteiger partial charge in [0.05, 0.1) is 4.91 Å². The van der Waals surface area contributed by atoms with Gasteiger partial charge < -0.3 is 23.7 Å². The van der Waals surface area contributed by atoms with Gasteiger partial charge in [0.2, 0.25) is 0 Å². The smallest absolute Gasteiger partial charge is 0.303 e. The summed E-state index contributed by atoms with van der Waals surface area (Å²) in [5, 5.41) is 0.521. The predicted molar refractivity (Wildman–Crippen MR) is 138 cm³/mol. The molecule has 2 aliphatic rings. The van der Waals surface area contributed by atoms with Gasteiger partial charge in [0.1, 0.15) is 12.7 Å². The van der Waals surface area contributed by atoms with Crippen LogP contribution in [0.3, 0.4) is 0 Å². The summed E-state index contributed by atoms with van der Waals surface area (Å²) in [4.78, 5) is 62.3. The van der Waals surface area contributed by atoms with Crippen molar-refractivity contribution < 1.29 is 47.7 Å². The Labute approximate surface area is 232 Å². The number of benzene rings is 1. The number of nitrogens with zero attached hydrogens (tertiary/aromatic N) is 1. The lowest BCUT2D eigenvalue weighted by molar-refractivity contribution is -0.268. The normalized spacial score (nSPS) is 26.2. The number of hydrogen-bond donors (Lipinski definition) is 0. The van der Waals surface area contributed by atoms with E-state index in [4.69, 9.17) is 47.5 Å². The van der Waals surface area contributed by atoms with E-state index in [0.29, 0.717) is 10.6 Å². The van der Waals surface area contributed by atoms with Crippen LogP contribution in [-0.4, -0.2) is 76.3 Å². The van der Waals surface area contributed by atoms with E-state index >= 15 is 0 Å². The van der Waals surface area contributed by atoms with Crippen molar-refractivity contribution >= 4 is 75.8 Å². The number of ether oxygens (including phenoxy) is 5. The second-order valence-electron chi connectivity index (χ2n) is 8.19. The van der Waals surface area contributed by atoms with Crippen LogP contribution in [0.25, 0.3) is 6.08 Å². The largest absolute Gasteiger partial charge is 0.463 e. The molecule has 5 atom stereocenters. The van der Waals surface area contributed by atoms with Gasteiger partial charge in [-0.1, -0.05) is 47.7 Å². The molecule has 0 spiro atoms. The zero-order valence-corrected chi connectivity index (χ0v) is 23.1. The monoisotopic (exact) mass is 585 g/mol. The van der Waals surface area contributed by atoms with Crippen molar-refractivity contribution in [3.8, 4) is 0 Å². The number of amides is 1. The van der Waals surface area contributed by atoms with Gasteiger partial charge in [-0.15, -0.1) is 0 Å². The van der Waals surface area contributed by atoms with Crippen molar-refractivity contribution in [1.82, 2.24) is 4.90 Å². The molecule has 2 fully saturated rings. The summed E-state index contributed by atoms with van der Waals surface area (Å²) < 4.78 is 27.4. The van der Waals surface area contributed by atoms with Crippen LogP contribution in [0.4, 0.5) is 0 Å². The minimum atomic E-state index is -1.45. The average Bonchev–Trinajstić information content (AvgIpc) is 3.08. The van der Waals surface area contributed by atoms with E-state index in [2.05, 4.69) is 0 Å². The molecule has 1 amide bonds. The van der Waals surface area contributed by atoms with Crippen LogP contribution >= 0.6 is 35.6 Å². The van der Waals surface area contributed by atoms with Gasteiger partial charge in [0.25, 0.3) is 5.91 Å². The Bertz CT molecular complexity index is 1170. The van der Waals surface area contributed by atoms with Gasteiger partial charge in [0, 0.05) is 32.7 Å². The molecule has 0 saturated carbocycles. The summed E-state index contributed by atoms with van der Waals surface area (Å²) in [7, 11) is 0. The Hall–Kier alpha value is -3.00. The predicted octanol–water partition coefficient (Wildman–Crippen LogP) is 2.62. The lowest BCUT2D eigenvalue weighted by Crippen LogP contribution is -2.66. The summed E-state index contributed by atoms with van der Waals surface area (Å²) in [6.45, 7) is 4.07. The van der Waals surface area contributed by atoms with Gasteiger partial charge >= 0.3 is 23.9 Å². The number of hydrogen-bond acceptors (Lipinski definition) is 12. The molecule has 0 radical (unpaired) electrons. The number of carbonyl (C=O) groups is 5. The quantitative estimate of drug-likeness (QED) is 0.201. The zero-order valence-electron chi connectivity index (χ0n) is 20.7. The van der Waals surface area contributed by atoms with Gasteiger partial charge in [-0.25, -0.2) is 0 Å². The molecular weight excluding hydrogens is 562 g/mol. The third kappa shape index (κ3) is 7.31. The van der Waals surface area contributed by atoms with Crippen molar-refractivity contribution in [3.05, 3.63) is 39.8 Å². The van der Waals surface area contributed by atoms with E-state index < -0.39 is 67.0 Å². The van der Waals surface area contributed by atoms with Crippen molar-refractivity contribution in [2.45, 2.75) is 58.3 Å². The topological polar surface area (TPSA) is 135 Å². The summed E-state index contributed by atoms with van der Waals surface area (Å²) in [6, 6.07) is 6.74. The molecule has 0 unspecified atom stereocenters. The third-order valence-electron chi connectivity index (χ3n) is 5.21. The number of rotatable bonds is 7. The molecule has 204 valence electrons. The van der Waals surface area contributed by atoms with E-state index in [1.54, 1.807) is 30.3 Å². The molecule has 3 rings (SSSR count). The Morgan fingerprint density at radius 3 is 2.05 bits per heavy atom. The number of thiocarbonyl (C=S) groups is 1. The van der Waals surface area contributed by atoms with E-state index in [9.17, 15) is 24.0 Å². The van der Waals surface area contributed by atoms with E-state index in [-0.39, 0.29) is 9.23 Å². The van der Waals surface area contributed by atoms with E-state index in [0.717, 1.165) is 44.4 Å². The highest BCUT2D eigenvalue weighted by atomic mass is 35.5. The maximum absolute atomic E-state index is 13.5. The third-order valence-corrected chi connectivity index (χ3v) is 6.79. The average molecular weight is 586 g/mol. The van der Waals surface area contributed by atoms with Crippen LogP contribution in [0, 0.1) is 0 Å². The SMILES string of the molecule is CC(=O)OC[C@H]1O[C@@H](N2C(=O)/C(=C\c3ccc(Cl)cc3)SC2=S)[C@@H](OC(C)=O)[C@@H](OC(C)=O)[C@@H]1OC(C)=O. The number of esters is 4. The summed E-state index contributed by atoms with van der Waals surface area (Å²) in [5.74, 6) is -3.57. The van der Waals surface area contributed by atoms with Crippen molar-refractivity contribution in [3.63, 3.8) is 0 Å². The van der Waals surface area contributed by atoms with E-state index in [1.807, 2.05) is 0 Å². The maximum Gasteiger partial charge on any atom is 0.303 e.